The van der Waals surface area contributed by atoms with Crippen molar-refractivity contribution in [1.82, 2.24) is 5.32 Å². The Hall–Kier alpha value is -1.52. The molecule has 1 heterocycles. The summed E-state index contributed by atoms with van der Waals surface area (Å²) in [5, 5.41) is 11.3. The molecule has 0 bridgehead atoms. The molecule has 2 N–H and O–H groups in total. The first-order chi connectivity index (χ1) is 5.66. The fourth-order valence-corrected chi connectivity index (χ4v) is 0.886. The highest BCUT2D eigenvalue weighted by Gasteiger charge is 2.29. The van der Waals surface area contributed by atoms with Crippen LogP contribution in [0, 0.1) is 0 Å². The number of ether oxygens (including phenoxy) is 1. The van der Waals surface area contributed by atoms with Crippen molar-refractivity contribution in [2.24, 2.45) is 0 Å². The number of nitrogens with one attached hydrogen (secondary N) is 1. The molecule has 12 heavy (non-hydrogen) atoms. The van der Waals surface area contributed by atoms with Crippen LogP contribution in [0.15, 0.2) is 11.3 Å². The van der Waals surface area contributed by atoms with Gasteiger partial charge in [0.25, 0.3) is 5.91 Å². The number of rotatable bonds is 2. The Morgan fingerprint density at radius 3 is 2.83 bits per heavy atom. The first-order valence-electron chi connectivity index (χ1n) is 3.54. The number of carbonyl (C=O) groups is 2. The monoisotopic (exact) mass is 171 g/mol. The first-order valence-corrected chi connectivity index (χ1v) is 3.54. The van der Waals surface area contributed by atoms with Gasteiger partial charge in [0.05, 0.1) is 13.2 Å². The zero-order chi connectivity index (χ0) is 9.14. The van der Waals surface area contributed by atoms with E-state index >= 15 is 0 Å². The minimum atomic E-state index is -0.773. The van der Waals surface area contributed by atoms with Gasteiger partial charge in [-0.25, -0.2) is 4.79 Å². The molecule has 5 heteroatoms. The molecule has 0 saturated carbocycles. The predicted octanol–water partition coefficient (Wildman–Crippen LogP) is -0.509. The van der Waals surface area contributed by atoms with Crippen molar-refractivity contribution in [2.75, 3.05) is 13.2 Å². The Labute approximate surface area is 69.0 Å². The predicted molar refractivity (Wildman–Crippen MR) is 39.3 cm³/mol. The number of hydrogen-bond acceptors (Lipinski definition) is 4. The smallest absolute Gasteiger partial charge is 0.347 e. The van der Waals surface area contributed by atoms with E-state index < -0.39 is 11.9 Å². The molecular weight excluding hydrogens is 162 g/mol. The molecule has 0 aliphatic carbocycles. The summed E-state index contributed by atoms with van der Waals surface area (Å²) in [5.74, 6) is -1.60. The van der Waals surface area contributed by atoms with E-state index in [1.54, 1.807) is 6.92 Å². The van der Waals surface area contributed by atoms with Crippen LogP contribution in [0.4, 0.5) is 0 Å². The molecule has 0 spiro atoms. The minimum Gasteiger partial charge on any atom is -0.509 e. The molecule has 66 valence electrons. The molecule has 0 aromatic rings. The van der Waals surface area contributed by atoms with Gasteiger partial charge in [0.15, 0.2) is 5.57 Å². The lowest BCUT2D eigenvalue weighted by atomic mass is 10.2. The Morgan fingerprint density at radius 1 is 1.75 bits per heavy atom. The Kier molecular flexibility index (Phi) is 2.32. The number of carbonyl (C=O) groups excluding carboxylic acids is 2. The molecule has 0 unspecified atom stereocenters. The van der Waals surface area contributed by atoms with Gasteiger partial charge in [-0.05, 0) is 6.92 Å². The molecule has 1 amide bonds. The second-order valence-electron chi connectivity index (χ2n) is 2.22. The van der Waals surface area contributed by atoms with Crippen molar-refractivity contribution in [2.45, 2.75) is 6.92 Å². The molecule has 1 aliphatic heterocycles. The highest BCUT2D eigenvalue weighted by atomic mass is 16.5. The summed E-state index contributed by atoms with van der Waals surface area (Å²) in [6.45, 7) is 1.82. The third kappa shape index (κ3) is 1.39. The molecule has 1 rings (SSSR count). The molecule has 0 aromatic carbocycles. The lowest BCUT2D eigenvalue weighted by molar-refractivity contribution is -0.140. The zero-order valence-electron chi connectivity index (χ0n) is 6.59. The summed E-state index contributed by atoms with van der Waals surface area (Å²) in [6, 6.07) is 0. The van der Waals surface area contributed by atoms with E-state index in [1.807, 2.05) is 0 Å². The Morgan fingerprint density at radius 2 is 2.42 bits per heavy atom. The molecule has 0 aromatic heterocycles. The average molecular weight is 171 g/mol. The average Bonchev–Trinajstić information content (AvgIpc) is 2.32. The van der Waals surface area contributed by atoms with Crippen LogP contribution in [-0.2, 0) is 14.3 Å². The molecule has 1 aliphatic rings. The third-order valence-corrected chi connectivity index (χ3v) is 1.41. The van der Waals surface area contributed by atoms with E-state index in [-0.39, 0.29) is 24.5 Å². The van der Waals surface area contributed by atoms with Gasteiger partial charge in [-0.2, -0.15) is 0 Å². The standard InChI is InChI=1S/C7H9NO4/c1-2-12-7(11)5-4(9)3-8-6(5)10/h9H,2-3H2,1H3,(H,8,10). The normalized spacial score (nSPS) is 16.2. The minimum absolute atomic E-state index is 0.00693. The van der Waals surface area contributed by atoms with Crippen molar-refractivity contribution < 1.29 is 19.4 Å². The third-order valence-electron chi connectivity index (χ3n) is 1.41. The van der Waals surface area contributed by atoms with Crippen molar-refractivity contribution in [1.29, 1.82) is 0 Å². The van der Waals surface area contributed by atoms with Gasteiger partial charge in [-0.1, -0.05) is 0 Å². The van der Waals surface area contributed by atoms with Crippen LogP contribution in [-0.4, -0.2) is 30.1 Å². The van der Waals surface area contributed by atoms with Gasteiger partial charge in [0.2, 0.25) is 0 Å². The van der Waals surface area contributed by atoms with Crippen molar-refractivity contribution in [3.05, 3.63) is 11.3 Å². The first kappa shape index (κ1) is 8.58. The quantitative estimate of drug-likeness (QED) is 0.433. The van der Waals surface area contributed by atoms with Crippen LogP contribution in [0.2, 0.25) is 0 Å². The van der Waals surface area contributed by atoms with Crippen LogP contribution in [0.3, 0.4) is 0 Å². The lowest BCUT2D eigenvalue weighted by Gasteiger charge is -1.99. The number of esters is 1. The van der Waals surface area contributed by atoms with E-state index in [0.717, 1.165) is 0 Å². The summed E-state index contributed by atoms with van der Waals surface area (Å²) in [5.41, 5.74) is -0.281. The number of hydrogen-bond donors (Lipinski definition) is 2. The highest BCUT2D eigenvalue weighted by molar-refractivity contribution is 6.18. The summed E-state index contributed by atoms with van der Waals surface area (Å²) in [4.78, 5) is 21.8. The summed E-state index contributed by atoms with van der Waals surface area (Å²) >= 11 is 0. The Bertz CT molecular complexity index is 256. The van der Waals surface area contributed by atoms with Crippen molar-refractivity contribution in [3.8, 4) is 0 Å². The zero-order valence-corrected chi connectivity index (χ0v) is 6.59. The van der Waals surface area contributed by atoms with Gasteiger partial charge in [0, 0.05) is 0 Å². The number of amides is 1. The molecule has 0 radical (unpaired) electrons. The van der Waals surface area contributed by atoms with E-state index in [2.05, 4.69) is 10.1 Å². The van der Waals surface area contributed by atoms with Gasteiger partial charge < -0.3 is 15.2 Å². The fraction of sp³-hybridized carbons (Fsp3) is 0.429. The second-order valence-corrected chi connectivity index (χ2v) is 2.22. The van der Waals surface area contributed by atoms with Crippen LogP contribution >= 0.6 is 0 Å². The SMILES string of the molecule is CCOC(=O)C1=C(O)CNC1=O. The largest absolute Gasteiger partial charge is 0.509 e. The summed E-state index contributed by atoms with van der Waals surface area (Å²) in [7, 11) is 0. The maximum absolute atomic E-state index is 11.0. The maximum atomic E-state index is 11.0. The van der Waals surface area contributed by atoms with Crippen LogP contribution < -0.4 is 5.32 Å². The molecule has 0 atom stereocenters. The highest BCUT2D eigenvalue weighted by Crippen LogP contribution is 2.09. The molecule has 0 saturated heterocycles. The van der Waals surface area contributed by atoms with E-state index in [1.165, 1.54) is 0 Å². The maximum Gasteiger partial charge on any atom is 0.347 e. The van der Waals surface area contributed by atoms with E-state index in [0.29, 0.717) is 0 Å². The van der Waals surface area contributed by atoms with Gasteiger partial charge >= 0.3 is 5.97 Å². The van der Waals surface area contributed by atoms with Crippen molar-refractivity contribution in [3.63, 3.8) is 0 Å². The van der Waals surface area contributed by atoms with Crippen LogP contribution in [0.1, 0.15) is 6.92 Å². The second kappa shape index (κ2) is 3.25. The fourth-order valence-electron chi connectivity index (χ4n) is 0.886. The molecule has 0 fully saturated rings. The van der Waals surface area contributed by atoms with E-state index in [9.17, 15) is 9.59 Å². The lowest BCUT2D eigenvalue weighted by Crippen LogP contribution is -2.22. The number of aliphatic hydroxyl groups excluding tert-OH is 1. The van der Waals surface area contributed by atoms with Crippen molar-refractivity contribution >= 4 is 11.9 Å². The van der Waals surface area contributed by atoms with E-state index in [4.69, 9.17) is 5.11 Å². The summed E-state index contributed by atoms with van der Waals surface area (Å²) < 4.78 is 4.55. The summed E-state index contributed by atoms with van der Waals surface area (Å²) in [6.07, 6.45) is 0. The molecule has 5 nitrogen and oxygen atoms in total. The van der Waals surface area contributed by atoms with Gasteiger partial charge in [-0.3, -0.25) is 4.79 Å². The topological polar surface area (TPSA) is 75.6 Å². The van der Waals surface area contributed by atoms with Crippen LogP contribution in [0.5, 0.6) is 0 Å². The number of aliphatic hydroxyl groups is 1. The molecular formula is C7H9NO4. The Balaban J connectivity index is 2.79. The van der Waals surface area contributed by atoms with Crippen LogP contribution in [0.25, 0.3) is 0 Å². The van der Waals surface area contributed by atoms with Gasteiger partial charge in [0.1, 0.15) is 5.76 Å². The van der Waals surface area contributed by atoms with Gasteiger partial charge in [-0.15, -0.1) is 0 Å².